The molecule has 0 aliphatic rings. The Morgan fingerprint density at radius 2 is 1.43 bits per heavy atom. The fourth-order valence-corrected chi connectivity index (χ4v) is 4.18. The van der Waals surface area contributed by atoms with Gasteiger partial charge in [-0.2, -0.15) is 44.2 Å². The molecule has 6 nitrogen and oxygen atoms in total. The van der Waals surface area contributed by atoms with Gasteiger partial charge in [0.15, 0.2) is 18.2 Å². The minimum Gasteiger partial charge on any atom is -0.619 e. The minimum atomic E-state index is -6.72. The second kappa shape index (κ2) is 11.0. The Morgan fingerprint density at radius 1 is 0.833 bits per heavy atom. The molecule has 0 radical (unpaired) electrons. The molecule has 0 unspecified atom stereocenters. The lowest BCUT2D eigenvalue weighted by Gasteiger charge is -2.31. The van der Waals surface area contributed by atoms with Crippen LogP contribution in [0.3, 0.4) is 0 Å². The Bertz CT molecular complexity index is 1510. The molecule has 3 rings (SSSR count). The first-order valence-electron chi connectivity index (χ1n) is 10.9. The summed E-state index contributed by atoms with van der Waals surface area (Å²) in [6.07, 6.45) is -17.3. The van der Waals surface area contributed by atoms with Crippen LogP contribution in [0, 0.1) is 11.0 Å². The third-order valence-corrected chi connectivity index (χ3v) is 6.47. The van der Waals surface area contributed by atoms with Crippen LogP contribution < -0.4 is 13.6 Å². The number of hydrogen-bond donors (Lipinski definition) is 0. The molecule has 0 aliphatic heterocycles. The standard InChI is InChI=1S/C24H13BrF11N3O3/c1-37(19(40)12-4-3-9-38(42)11-12)17-6-2-5-14(18(17)26)20(41)39(25)16-8-7-13(10-15(16)22(28,29)30)21(27,23(31,32)33)24(34,35)36/h2-11H,1H3. The first-order valence-corrected chi connectivity index (χ1v) is 11.6. The summed E-state index contributed by atoms with van der Waals surface area (Å²) in [4.78, 5) is 26.3. The number of alkyl halides is 10. The molecule has 0 spiro atoms. The summed E-state index contributed by atoms with van der Waals surface area (Å²) < 4.78 is 150. The van der Waals surface area contributed by atoms with E-state index in [0.29, 0.717) is 4.90 Å². The van der Waals surface area contributed by atoms with E-state index in [9.17, 15) is 58.7 Å². The van der Waals surface area contributed by atoms with Crippen LogP contribution in [0.1, 0.15) is 31.8 Å². The smallest absolute Gasteiger partial charge is 0.435 e. The van der Waals surface area contributed by atoms with Gasteiger partial charge in [0.05, 0.1) is 38.6 Å². The zero-order valence-electron chi connectivity index (χ0n) is 20.4. The molecule has 0 bridgehead atoms. The molecule has 3 aromatic rings. The summed E-state index contributed by atoms with van der Waals surface area (Å²) in [6.45, 7) is 0. The van der Waals surface area contributed by atoms with Crippen molar-refractivity contribution in [1.82, 2.24) is 0 Å². The Morgan fingerprint density at radius 3 is 1.95 bits per heavy atom. The molecule has 42 heavy (non-hydrogen) atoms. The largest absolute Gasteiger partial charge is 0.619 e. The zero-order chi connectivity index (χ0) is 32.0. The summed E-state index contributed by atoms with van der Waals surface area (Å²) >= 11 is 2.42. The number of amides is 2. The van der Waals surface area contributed by atoms with Gasteiger partial charge >= 0.3 is 24.2 Å². The summed E-state index contributed by atoms with van der Waals surface area (Å²) in [7, 11) is 1.04. The lowest BCUT2D eigenvalue weighted by molar-refractivity contribution is -0.605. The number of hydrogen-bond acceptors (Lipinski definition) is 3. The summed E-state index contributed by atoms with van der Waals surface area (Å²) in [5.74, 6) is -4.07. The van der Waals surface area contributed by atoms with Crippen LogP contribution in [-0.2, 0) is 11.8 Å². The fourth-order valence-electron chi connectivity index (χ4n) is 3.68. The van der Waals surface area contributed by atoms with Crippen molar-refractivity contribution in [3.8, 4) is 0 Å². The first kappa shape index (κ1) is 32.6. The van der Waals surface area contributed by atoms with Crippen molar-refractivity contribution >= 4 is 39.3 Å². The highest BCUT2D eigenvalue weighted by Crippen LogP contribution is 2.54. The van der Waals surface area contributed by atoms with Gasteiger partial charge in [-0.05, 0) is 30.3 Å². The minimum absolute atomic E-state index is 0.0401. The van der Waals surface area contributed by atoms with Crippen molar-refractivity contribution in [3.05, 3.63) is 94.2 Å². The number of pyridine rings is 1. The van der Waals surface area contributed by atoms with E-state index < -0.39 is 76.0 Å². The van der Waals surface area contributed by atoms with Crippen LogP contribution >= 0.6 is 16.1 Å². The van der Waals surface area contributed by atoms with Crippen molar-refractivity contribution in [2.24, 2.45) is 0 Å². The van der Waals surface area contributed by atoms with E-state index in [0.717, 1.165) is 37.6 Å². The molecule has 1 heterocycles. The SMILES string of the molecule is CN(C(=O)c1ccc[n+]([O-])c1)c1cccc(C(=O)N(Br)c2ccc(C(F)(C(F)(F)F)C(F)(F)F)cc2C(F)(F)F)c1F. The number of nitrogens with zero attached hydrogens (tertiary/aromatic N) is 3. The van der Waals surface area contributed by atoms with Crippen LogP contribution in [0.4, 0.5) is 59.7 Å². The monoisotopic (exact) mass is 679 g/mol. The molecule has 0 saturated heterocycles. The third kappa shape index (κ3) is 5.84. The summed E-state index contributed by atoms with van der Waals surface area (Å²) in [5.41, 5.74) is -14.2. The lowest BCUT2D eigenvalue weighted by Crippen LogP contribution is -2.50. The van der Waals surface area contributed by atoms with Gasteiger partial charge in [0, 0.05) is 18.7 Å². The molecule has 2 aromatic carbocycles. The van der Waals surface area contributed by atoms with E-state index in [1.54, 1.807) is 0 Å². The van der Waals surface area contributed by atoms with Crippen molar-refractivity contribution in [1.29, 1.82) is 0 Å². The highest BCUT2D eigenvalue weighted by Gasteiger charge is 2.73. The quantitative estimate of drug-likeness (QED) is 0.126. The van der Waals surface area contributed by atoms with Crippen LogP contribution in [0.15, 0.2) is 60.9 Å². The van der Waals surface area contributed by atoms with Gasteiger partial charge < -0.3 is 10.1 Å². The van der Waals surface area contributed by atoms with Gasteiger partial charge in [-0.25, -0.2) is 12.7 Å². The van der Waals surface area contributed by atoms with Crippen molar-refractivity contribution in [2.45, 2.75) is 24.2 Å². The Balaban J connectivity index is 2.09. The molecular formula is C24H13BrF11N3O3. The van der Waals surface area contributed by atoms with Crippen molar-refractivity contribution in [2.75, 3.05) is 15.9 Å². The van der Waals surface area contributed by atoms with Crippen LogP contribution in [0.5, 0.6) is 0 Å². The number of carbonyl (C=O) groups is 2. The van der Waals surface area contributed by atoms with Crippen molar-refractivity contribution in [3.63, 3.8) is 0 Å². The van der Waals surface area contributed by atoms with Gasteiger partial charge in [-0.1, -0.05) is 12.1 Å². The second-order valence-electron chi connectivity index (χ2n) is 8.43. The van der Waals surface area contributed by atoms with E-state index in [1.165, 1.54) is 12.1 Å². The number of carbonyl (C=O) groups excluding carboxylic acids is 2. The average Bonchev–Trinajstić information content (AvgIpc) is 2.89. The van der Waals surface area contributed by atoms with Crippen molar-refractivity contribution < 1.29 is 62.6 Å². The van der Waals surface area contributed by atoms with E-state index in [1.807, 2.05) is 0 Å². The highest BCUT2D eigenvalue weighted by molar-refractivity contribution is 9.10. The number of benzene rings is 2. The molecule has 2 amide bonds. The average molecular weight is 680 g/mol. The first-order chi connectivity index (χ1) is 19.1. The van der Waals surface area contributed by atoms with Crippen LogP contribution in [-0.4, -0.2) is 31.2 Å². The summed E-state index contributed by atoms with van der Waals surface area (Å²) in [5, 5.41) is 11.5. The molecule has 0 fully saturated rings. The molecule has 1 aromatic heterocycles. The van der Waals surface area contributed by atoms with E-state index >= 15 is 4.39 Å². The number of halogens is 12. The van der Waals surface area contributed by atoms with Gasteiger partial charge in [-0.3, -0.25) is 9.59 Å². The van der Waals surface area contributed by atoms with Gasteiger partial charge in [0.1, 0.15) is 5.56 Å². The van der Waals surface area contributed by atoms with Gasteiger partial charge in [-0.15, -0.1) is 0 Å². The van der Waals surface area contributed by atoms with E-state index in [2.05, 4.69) is 16.1 Å². The topological polar surface area (TPSA) is 67.6 Å². The number of aromatic nitrogens is 1. The molecule has 18 heteroatoms. The number of rotatable bonds is 5. The lowest BCUT2D eigenvalue weighted by atomic mass is 9.92. The second-order valence-corrected chi connectivity index (χ2v) is 9.13. The zero-order valence-corrected chi connectivity index (χ0v) is 22.0. The normalized spacial score (nSPS) is 12.7. The predicted molar refractivity (Wildman–Crippen MR) is 127 cm³/mol. The van der Waals surface area contributed by atoms with Gasteiger partial charge in [0.2, 0.25) is 0 Å². The molecular weight excluding hydrogens is 667 g/mol. The Hall–Kier alpha value is -3.96. The fraction of sp³-hybridized carbons (Fsp3) is 0.208. The highest BCUT2D eigenvalue weighted by atomic mass is 79.9. The Kier molecular flexibility index (Phi) is 8.55. The van der Waals surface area contributed by atoms with E-state index in [-0.39, 0.29) is 26.4 Å². The third-order valence-electron chi connectivity index (χ3n) is 5.77. The maximum absolute atomic E-state index is 15.4. The molecule has 0 atom stereocenters. The predicted octanol–water partition coefficient (Wildman–Crippen LogP) is 7.00. The molecule has 0 N–H and O–H groups in total. The maximum Gasteiger partial charge on any atom is 0.435 e. The Labute approximate surface area is 236 Å². The molecule has 226 valence electrons. The number of anilines is 2. The van der Waals surface area contributed by atoms with E-state index in [4.69, 9.17) is 0 Å². The maximum atomic E-state index is 15.4. The molecule has 0 aliphatic carbocycles. The van der Waals surface area contributed by atoms with Gasteiger partial charge in [0.25, 0.3) is 11.8 Å². The van der Waals surface area contributed by atoms with Crippen LogP contribution in [0.2, 0.25) is 0 Å². The summed E-state index contributed by atoms with van der Waals surface area (Å²) in [6, 6.07) is 4.09. The van der Waals surface area contributed by atoms with Crippen LogP contribution in [0.25, 0.3) is 0 Å². The molecule has 0 saturated carbocycles.